The second-order valence-corrected chi connectivity index (χ2v) is 3.60. The summed E-state index contributed by atoms with van der Waals surface area (Å²) in [5, 5.41) is 3.85. The molecule has 0 spiro atoms. The van der Waals surface area contributed by atoms with Crippen LogP contribution in [0.2, 0.25) is 0 Å². The predicted molar refractivity (Wildman–Crippen MR) is 59.8 cm³/mol. The van der Waals surface area contributed by atoms with Crippen LogP contribution in [-0.2, 0) is 13.5 Å². The van der Waals surface area contributed by atoms with E-state index < -0.39 is 5.82 Å². The number of nitrogens with zero attached hydrogens (tertiary/aromatic N) is 3. The first-order valence-electron chi connectivity index (χ1n) is 4.99. The third-order valence-corrected chi connectivity index (χ3v) is 2.48. The van der Waals surface area contributed by atoms with E-state index in [0.717, 1.165) is 0 Å². The van der Waals surface area contributed by atoms with E-state index in [2.05, 4.69) is 10.1 Å². The van der Waals surface area contributed by atoms with E-state index in [1.54, 1.807) is 7.05 Å². The summed E-state index contributed by atoms with van der Waals surface area (Å²) in [4.78, 5) is 15.8. The zero-order valence-electron chi connectivity index (χ0n) is 9.22. The van der Waals surface area contributed by atoms with Crippen molar-refractivity contribution in [2.24, 2.45) is 7.05 Å². The molecule has 0 saturated carbocycles. The Bertz CT molecular complexity index is 564. The average Bonchev–Trinajstić information content (AvgIpc) is 2.68. The first-order chi connectivity index (χ1) is 8.09. The Hall–Kier alpha value is -2.24. The standard InChI is InChI=1S/C11H11FN4O/c1-16-10(14-6-15-16)5-9(17)7-3-2-4-8(12)11(7)13/h2-4,6H,5,13H2,1H3. The van der Waals surface area contributed by atoms with Crippen molar-refractivity contribution < 1.29 is 9.18 Å². The SMILES string of the molecule is Cn1ncnc1CC(=O)c1cccc(F)c1N. The average molecular weight is 234 g/mol. The Morgan fingerprint density at radius 1 is 1.53 bits per heavy atom. The molecule has 88 valence electrons. The highest BCUT2D eigenvalue weighted by molar-refractivity contribution is 6.01. The van der Waals surface area contributed by atoms with Gasteiger partial charge in [0.1, 0.15) is 18.0 Å². The van der Waals surface area contributed by atoms with Gasteiger partial charge in [-0.2, -0.15) is 5.10 Å². The third-order valence-electron chi connectivity index (χ3n) is 2.48. The summed E-state index contributed by atoms with van der Waals surface area (Å²) in [5.74, 6) is -0.356. The number of Topliss-reactive ketones (excluding diaryl/α,β-unsaturated/α-hetero) is 1. The molecule has 6 heteroatoms. The van der Waals surface area contributed by atoms with Crippen molar-refractivity contribution in [1.29, 1.82) is 0 Å². The van der Waals surface area contributed by atoms with Crippen LogP contribution in [0.15, 0.2) is 24.5 Å². The molecule has 0 bridgehead atoms. The van der Waals surface area contributed by atoms with E-state index in [0.29, 0.717) is 5.82 Å². The summed E-state index contributed by atoms with van der Waals surface area (Å²) in [7, 11) is 1.69. The highest BCUT2D eigenvalue weighted by atomic mass is 19.1. The molecule has 2 N–H and O–H groups in total. The number of ketones is 1. The number of para-hydroxylation sites is 1. The Morgan fingerprint density at radius 2 is 2.29 bits per heavy atom. The van der Waals surface area contributed by atoms with Crippen molar-refractivity contribution in [1.82, 2.24) is 14.8 Å². The molecule has 0 atom stereocenters. The number of rotatable bonds is 3. The fourth-order valence-electron chi connectivity index (χ4n) is 1.50. The fourth-order valence-corrected chi connectivity index (χ4v) is 1.50. The first-order valence-corrected chi connectivity index (χ1v) is 4.99. The summed E-state index contributed by atoms with van der Waals surface area (Å²) < 4.78 is 14.7. The Labute approximate surface area is 97.1 Å². The first kappa shape index (κ1) is 11.3. The monoisotopic (exact) mass is 234 g/mol. The van der Waals surface area contributed by atoms with Crippen LogP contribution in [0.25, 0.3) is 0 Å². The number of aromatic nitrogens is 3. The molecule has 1 heterocycles. The smallest absolute Gasteiger partial charge is 0.172 e. The molecule has 0 radical (unpaired) electrons. The van der Waals surface area contributed by atoms with Gasteiger partial charge in [-0.05, 0) is 12.1 Å². The molecular weight excluding hydrogens is 223 g/mol. The summed E-state index contributed by atoms with van der Waals surface area (Å²) in [6.07, 6.45) is 1.40. The van der Waals surface area contributed by atoms with Crippen LogP contribution >= 0.6 is 0 Å². The lowest BCUT2D eigenvalue weighted by molar-refractivity contribution is 0.0990. The van der Waals surface area contributed by atoms with Gasteiger partial charge in [0.2, 0.25) is 0 Å². The number of carbonyl (C=O) groups is 1. The Balaban J connectivity index is 2.27. The Kier molecular flexibility index (Phi) is 2.86. The molecule has 0 saturated heterocycles. The Morgan fingerprint density at radius 3 is 2.94 bits per heavy atom. The van der Waals surface area contributed by atoms with Gasteiger partial charge in [0.15, 0.2) is 5.78 Å². The van der Waals surface area contributed by atoms with Crippen LogP contribution < -0.4 is 5.73 Å². The van der Waals surface area contributed by atoms with Crippen molar-refractivity contribution in [3.63, 3.8) is 0 Å². The molecule has 2 aromatic rings. The minimum absolute atomic E-state index is 0.0458. The van der Waals surface area contributed by atoms with Crippen LogP contribution in [0.3, 0.4) is 0 Å². The molecule has 17 heavy (non-hydrogen) atoms. The molecule has 5 nitrogen and oxygen atoms in total. The number of benzene rings is 1. The number of anilines is 1. The molecule has 0 fully saturated rings. The summed E-state index contributed by atoms with van der Waals surface area (Å²) in [6.45, 7) is 0. The highest BCUT2D eigenvalue weighted by Gasteiger charge is 2.15. The van der Waals surface area contributed by atoms with E-state index in [4.69, 9.17) is 5.73 Å². The molecule has 0 unspecified atom stereocenters. The van der Waals surface area contributed by atoms with Crippen molar-refractivity contribution in [2.45, 2.75) is 6.42 Å². The van der Waals surface area contributed by atoms with Crippen LogP contribution in [-0.4, -0.2) is 20.5 Å². The maximum atomic E-state index is 13.2. The summed E-state index contributed by atoms with van der Waals surface area (Å²) >= 11 is 0. The second-order valence-electron chi connectivity index (χ2n) is 3.60. The maximum absolute atomic E-state index is 13.2. The van der Waals surface area contributed by atoms with Crippen molar-refractivity contribution in [2.75, 3.05) is 5.73 Å². The normalized spacial score (nSPS) is 10.5. The quantitative estimate of drug-likeness (QED) is 0.634. The topological polar surface area (TPSA) is 73.8 Å². The zero-order valence-corrected chi connectivity index (χ0v) is 9.22. The molecule has 1 aromatic heterocycles. The number of hydrogen-bond acceptors (Lipinski definition) is 4. The van der Waals surface area contributed by atoms with Gasteiger partial charge in [0.25, 0.3) is 0 Å². The van der Waals surface area contributed by atoms with Crippen LogP contribution in [0.1, 0.15) is 16.2 Å². The predicted octanol–water partition coefficient (Wildman–Crippen LogP) is 0.962. The van der Waals surface area contributed by atoms with Crippen LogP contribution in [0.4, 0.5) is 10.1 Å². The zero-order chi connectivity index (χ0) is 12.4. The van der Waals surface area contributed by atoms with E-state index in [1.807, 2.05) is 0 Å². The lowest BCUT2D eigenvalue weighted by atomic mass is 10.1. The minimum atomic E-state index is -0.589. The van der Waals surface area contributed by atoms with Crippen LogP contribution in [0, 0.1) is 5.82 Å². The minimum Gasteiger partial charge on any atom is -0.396 e. The highest BCUT2D eigenvalue weighted by Crippen LogP contribution is 2.17. The number of aryl methyl sites for hydroxylation is 1. The van der Waals surface area contributed by atoms with E-state index in [9.17, 15) is 9.18 Å². The molecule has 0 aliphatic heterocycles. The number of carbonyl (C=O) groups excluding carboxylic acids is 1. The maximum Gasteiger partial charge on any atom is 0.172 e. The van der Waals surface area contributed by atoms with E-state index in [-0.39, 0.29) is 23.5 Å². The van der Waals surface area contributed by atoms with E-state index >= 15 is 0 Å². The van der Waals surface area contributed by atoms with Gasteiger partial charge in [-0.15, -0.1) is 0 Å². The van der Waals surface area contributed by atoms with Crippen molar-refractivity contribution >= 4 is 11.5 Å². The van der Waals surface area contributed by atoms with Gasteiger partial charge in [0, 0.05) is 12.6 Å². The number of hydrogen-bond donors (Lipinski definition) is 1. The van der Waals surface area contributed by atoms with Gasteiger partial charge < -0.3 is 5.73 Å². The lowest BCUT2D eigenvalue weighted by Crippen LogP contribution is -2.11. The molecular formula is C11H11FN4O. The van der Waals surface area contributed by atoms with Gasteiger partial charge in [-0.25, -0.2) is 9.37 Å². The number of nitrogen functional groups attached to an aromatic ring is 1. The molecule has 0 amide bonds. The molecule has 0 aliphatic carbocycles. The fraction of sp³-hybridized carbons (Fsp3) is 0.182. The lowest BCUT2D eigenvalue weighted by Gasteiger charge is -2.05. The number of halogens is 1. The molecule has 1 aromatic carbocycles. The second kappa shape index (κ2) is 4.32. The molecule has 0 aliphatic rings. The third kappa shape index (κ3) is 2.15. The van der Waals surface area contributed by atoms with Gasteiger partial charge in [-0.3, -0.25) is 9.48 Å². The summed E-state index contributed by atoms with van der Waals surface area (Å²) in [5.41, 5.74) is 5.56. The van der Waals surface area contributed by atoms with E-state index in [1.165, 1.54) is 29.2 Å². The van der Waals surface area contributed by atoms with Gasteiger partial charge in [0.05, 0.1) is 12.1 Å². The van der Waals surface area contributed by atoms with Gasteiger partial charge in [-0.1, -0.05) is 6.07 Å². The van der Waals surface area contributed by atoms with Gasteiger partial charge >= 0.3 is 0 Å². The summed E-state index contributed by atoms with van der Waals surface area (Å²) in [6, 6.07) is 4.17. The molecule has 2 rings (SSSR count). The largest absolute Gasteiger partial charge is 0.396 e. The number of nitrogens with two attached hydrogens (primary N) is 1. The van der Waals surface area contributed by atoms with Crippen molar-refractivity contribution in [3.05, 3.63) is 41.7 Å². The van der Waals surface area contributed by atoms with Crippen molar-refractivity contribution in [3.8, 4) is 0 Å². The van der Waals surface area contributed by atoms with Crippen LogP contribution in [0.5, 0.6) is 0 Å².